The zero-order valence-corrected chi connectivity index (χ0v) is 15.0. The Labute approximate surface area is 152 Å². The van der Waals surface area contributed by atoms with Gasteiger partial charge in [0.25, 0.3) is 11.5 Å². The third kappa shape index (κ3) is 3.85. The second-order valence-electron chi connectivity index (χ2n) is 5.34. The Hall–Kier alpha value is -1.70. The minimum atomic E-state index is -0.327. The third-order valence-electron chi connectivity index (χ3n) is 3.84. The number of aromatic amines is 1. The van der Waals surface area contributed by atoms with Crippen LogP contribution < -0.4 is 10.9 Å². The SMILES string of the molecule is Cl.O=C(c1c[nH]c(=O)c(Br)c1)N1CCNCC1c1cccc(F)c1. The lowest BCUT2D eigenvalue weighted by Crippen LogP contribution is -2.48. The number of nitrogens with zero attached hydrogens (tertiary/aromatic N) is 1. The topological polar surface area (TPSA) is 65.2 Å². The number of H-pyrrole nitrogens is 1. The zero-order valence-electron chi connectivity index (χ0n) is 12.6. The van der Waals surface area contributed by atoms with Crippen LogP contribution in [0.15, 0.2) is 45.8 Å². The van der Waals surface area contributed by atoms with Crippen LogP contribution in [0.3, 0.4) is 0 Å². The molecule has 1 aliphatic heterocycles. The average Bonchev–Trinajstić information content (AvgIpc) is 2.57. The molecule has 8 heteroatoms. The van der Waals surface area contributed by atoms with Crippen molar-refractivity contribution in [3.05, 3.63) is 68.3 Å². The summed E-state index contributed by atoms with van der Waals surface area (Å²) in [7, 11) is 0. The lowest BCUT2D eigenvalue weighted by atomic mass is 10.0. The summed E-state index contributed by atoms with van der Waals surface area (Å²) in [5.74, 6) is -0.523. The van der Waals surface area contributed by atoms with Crippen molar-refractivity contribution in [2.24, 2.45) is 0 Å². The lowest BCUT2D eigenvalue weighted by molar-refractivity contribution is 0.0633. The molecule has 1 aromatic heterocycles. The Kier molecular flexibility index (Phi) is 6.15. The molecule has 0 saturated carbocycles. The summed E-state index contributed by atoms with van der Waals surface area (Å²) in [5.41, 5.74) is 0.845. The molecule has 24 heavy (non-hydrogen) atoms. The van der Waals surface area contributed by atoms with Gasteiger partial charge in [-0.2, -0.15) is 0 Å². The largest absolute Gasteiger partial charge is 0.329 e. The first-order valence-corrected chi connectivity index (χ1v) is 8.01. The number of benzene rings is 1. The van der Waals surface area contributed by atoms with Crippen molar-refractivity contribution in [2.75, 3.05) is 19.6 Å². The molecule has 1 unspecified atom stereocenters. The number of hydrogen-bond acceptors (Lipinski definition) is 3. The predicted octanol–water partition coefficient (Wildman–Crippen LogP) is 2.49. The highest BCUT2D eigenvalue weighted by Gasteiger charge is 2.29. The lowest BCUT2D eigenvalue weighted by Gasteiger charge is -2.36. The van der Waals surface area contributed by atoms with E-state index in [1.165, 1.54) is 24.4 Å². The van der Waals surface area contributed by atoms with Gasteiger partial charge >= 0.3 is 0 Å². The van der Waals surface area contributed by atoms with E-state index in [4.69, 9.17) is 0 Å². The van der Waals surface area contributed by atoms with Crippen LogP contribution in [-0.4, -0.2) is 35.4 Å². The Morgan fingerprint density at radius 1 is 1.33 bits per heavy atom. The molecular formula is C16H16BrClFN3O2. The number of nitrogens with one attached hydrogen (secondary N) is 2. The number of amides is 1. The van der Waals surface area contributed by atoms with Crippen LogP contribution in [0.2, 0.25) is 0 Å². The molecule has 2 heterocycles. The van der Waals surface area contributed by atoms with Crippen LogP contribution in [0.5, 0.6) is 0 Å². The van der Waals surface area contributed by atoms with Crippen LogP contribution in [-0.2, 0) is 0 Å². The first kappa shape index (κ1) is 18.6. The molecule has 3 rings (SSSR count). The van der Waals surface area contributed by atoms with Gasteiger partial charge in [-0.25, -0.2) is 4.39 Å². The van der Waals surface area contributed by atoms with E-state index in [1.807, 2.05) is 6.07 Å². The summed E-state index contributed by atoms with van der Waals surface area (Å²) in [6.45, 7) is 1.73. The standard InChI is InChI=1S/C16H15BrFN3O2.ClH/c17-13-7-11(8-20-15(13)22)16(23)21-5-4-19-9-14(21)10-2-1-3-12(18)6-10;/h1-3,6-8,14,19H,4-5,9H2,(H,20,22);1H. The van der Waals surface area contributed by atoms with E-state index in [2.05, 4.69) is 26.2 Å². The number of aromatic nitrogens is 1. The van der Waals surface area contributed by atoms with Gasteiger partial charge in [-0.3, -0.25) is 9.59 Å². The Bertz CT molecular complexity index is 799. The molecule has 0 spiro atoms. The molecule has 2 aromatic rings. The number of hydrogen-bond donors (Lipinski definition) is 2. The van der Waals surface area contributed by atoms with Crippen molar-refractivity contribution in [3.8, 4) is 0 Å². The smallest absolute Gasteiger partial charge is 0.262 e. The highest BCUT2D eigenvalue weighted by atomic mass is 79.9. The quantitative estimate of drug-likeness (QED) is 0.790. The molecule has 128 valence electrons. The Morgan fingerprint density at radius 2 is 2.12 bits per heavy atom. The first-order valence-electron chi connectivity index (χ1n) is 7.21. The molecule has 0 radical (unpaired) electrons. The second-order valence-corrected chi connectivity index (χ2v) is 6.19. The van der Waals surface area contributed by atoms with E-state index in [1.54, 1.807) is 11.0 Å². The minimum absolute atomic E-state index is 0. The van der Waals surface area contributed by atoms with Gasteiger partial charge in [-0.15, -0.1) is 12.4 Å². The van der Waals surface area contributed by atoms with Crippen molar-refractivity contribution >= 4 is 34.2 Å². The van der Waals surface area contributed by atoms with Gasteiger partial charge in [0.2, 0.25) is 0 Å². The van der Waals surface area contributed by atoms with Crippen LogP contribution in [0.25, 0.3) is 0 Å². The molecule has 1 atom stereocenters. The maximum absolute atomic E-state index is 13.5. The fourth-order valence-electron chi connectivity index (χ4n) is 2.70. The van der Waals surface area contributed by atoms with E-state index < -0.39 is 0 Å². The molecule has 1 saturated heterocycles. The van der Waals surface area contributed by atoms with Crippen LogP contribution >= 0.6 is 28.3 Å². The van der Waals surface area contributed by atoms with E-state index in [0.29, 0.717) is 29.7 Å². The van der Waals surface area contributed by atoms with Crippen LogP contribution in [0.1, 0.15) is 22.0 Å². The molecule has 0 bridgehead atoms. The number of halogens is 3. The maximum Gasteiger partial charge on any atom is 0.262 e. The molecule has 0 aliphatic carbocycles. The highest BCUT2D eigenvalue weighted by Crippen LogP contribution is 2.25. The third-order valence-corrected chi connectivity index (χ3v) is 4.43. The fraction of sp³-hybridized carbons (Fsp3) is 0.250. The summed E-state index contributed by atoms with van der Waals surface area (Å²) in [4.78, 5) is 28.4. The maximum atomic E-state index is 13.5. The van der Waals surface area contributed by atoms with E-state index in [0.717, 1.165) is 5.56 Å². The summed E-state index contributed by atoms with van der Waals surface area (Å²) >= 11 is 3.13. The normalized spacial score (nSPS) is 17.2. The summed E-state index contributed by atoms with van der Waals surface area (Å²) < 4.78 is 13.8. The number of carbonyl (C=O) groups excluding carboxylic acids is 1. The number of piperazine rings is 1. The summed E-state index contributed by atoms with van der Waals surface area (Å²) in [6.07, 6.45) is 1.40. The van der Waals surface area contributed by atoms with Gasteiger partial charge < -0.3 is 15.2 Å². The van der Waals surface area contributed by atoms with Gasteiger partial charge in [-0.05, 0) is 39.7 Å². The van der Waals surface area contributed by atoms with Gasteiger partial charge in [0.05, 0.1) is 16.1 Å². The molecule has 1 aliphatic rings. The number of rotatable bonds is 2. The molecule has 5 nitrogen and oxygen atoms in total. The van der Waals surface area contributed by atoms with Gasteiger partial charge in [0.1, 0.15) is 5.82 Å². The Balaban J connectivity index is 0.00000208. The van der Waals surface area contributed by atoms with Gasteiger partial charge in [0.15, 0.2) is 0 Å². The van der Waals surface area contributed by atoms with E-state index in [9.17, 15) is 14.0 Å². The summed E-state index contributed by atoms with van der Waals surface area (Å²) in [6, 6.07) is 7.53. The van der Waals surface area contributed by atoms with Gasteiger partial charge in [0, 0.05) is 25.8 Å². The van der Waals surface area contributed by atoms with Crippen molar-refractivity contribution in [1.29, 1.82) is 0 Å². The van der Waals surface area contributed by atoms with Crippen molar-refractivity contribution in [1.82, 2.24) is 15.2 Å². The van der Waals surface area contributed by atoms with Crippen LogP contribution in [0, 0.1) is 5.82 Å². The van der Waals surface area contributed by atoms with Crippen molar-refractivity contribution in [2.45, 2.75) is 6.04 Å². The monoisotopic (exact) mass is 415 g/mol. The molecule has 1 aromatic carbocycles. The van der Waals surface area contributed by atoms with Gasteiger partial charge in [-0.1, -0.05) is 12.1 Å². The van der Waals surface area contributed by atoms with Crippen molar-refractivity contribution in [3.63, 3.8) is 0 Å². The molecular weight excluding hydrogens is 401 g/mol. The molecule has 1 amide bonds. The minimum Gasteiger partial charge on any atom is -0.329 e. The first-order chi connectivity index (χ1) is 11.1. The predicted molar refractivity (Wildman–Crippen MR) is 95.1 cm³/mol. The fourth-order valence-corrected chi connectivity index (χ4v) is 3.07. The van der Waals surface area contributed by atoms with E-state index >= 15 is 0 Å². The highest BCUT2D eigenvalue weighted by molar-refractivity contribution is 9.10. The van der Waals surface area contributed by atoms with Crippen molar-refractivity contribution < 1.29 is 9.18 Å². The number of carbonyl (C=O) groups is 1. The molecule has 2 N–H and O–H groups in total. The van der Waals surface area contributed by atoms with E-state index in [-0.39, 0.29) is 35.7 Å². The number of pyridine rings is 1. The molecule has 1 fully saturated rings. The zero-order chi connectivity index (χ0) is 16.4. The summed E-state index contributed by atoms with van der Waals surface area (Å²) in [5, 5.41) is 3.23. The second kappa shape index (κ2) is 7.92. The Morgan fingerprint density at radius 3 is 2.83 bits per heavy atom. The average molecular weight is 417 g/mol. The van der Waals surface area contributed by atoms with Crippen LogP contribution in [0.4, 0.5) is 4.39 Å².